The molecular weight excluding hydrogens is 447 g/mol. The molecule has 2 amide bonds. The summed E-state index contributed by atoms with van der Waals surface area (Å²) in [4.78, 5) is 27.4. The fraction of sp³-hybridized carbons (Fsp3) is 0.440. The first-order chi connectivity index (χ1) is 14.9. The molecule has 0 bridgehead atoms. The largest absolute Gasteiger partial charge is 0.483 e. The quantitative estimate of drug-likeness (QED) is 0.535. The lowest BCUT2D eigenvalue weighted by molar-refractivity contribution is -0.142. The van der Waals surface area contributed by atoms with Gasteiger partial charge in [0.05, 0.1) is 0 Å². The molecule has 0 fully saturated rings. The van der Waals surface area contributed by atoms with Crippen LogP contribution in [0, 0.1) is 0 Å². The molecule has 7 heteroatoms. The predicted octanol–water partition coefficient (Wildman–Crippen LogP) is 5.61. The smallest absolute Gasteiger partial charge is 0.261 e. The molecule has 174 valence electrons. The number of nitrogens with one attached hydrogen (secondary N) is 1. The molecule has 0 aliphatic rings. The molecule has 0 saturated carbocycles. The molecule has 0 saturated heterocycles. The molecule has 32 heavy (non-hydrogen) atoms. The molecule has 0 radical (unpaired) electrons. The Balaban J connectivity index is 2.26. The molecule has 0 aliphatic heterocycles. The summed E-state index contributed by atoms with van der Waals surface area (Å²) in [6.45, 7) is 11.7. The van der Waals surface area contributed by atoms with Gasteiger partial charge in [-0.1, -0.05) is 68.2 Å². The normalized spacial score (nSPS) is 12.4. The topological polar surface area (TPSA) is 58.6 Å². The molecule has 1 N–H and O–H groups in total. The second-order valence-electron chi connectivity index (χ2n) is 9.13. The molecule has 2 aromatic rings. The number of hydrogen-bond donors (Lipinski definition) is 1. The van der Waals surface area contributed by atoms with Gasteiger partial charge in [-0.05, 0) is 55.5 Å². The van der Waals surface area contributed by atoms with Gasteiger partial charge >= 0.3 is 0 Å². The van der Waals surface area contributed by atoms with E-state index in [4.69, 9.17) is 27.9 Å². The Kier molecular flexibility index (Phi) is 8.99. The van der Waals surface area contributed by atoms with Gasteiger partial charge in [-0.3, -0.25) is 9.59 Å². The number of para-hydroxylation sites is 1. The fourth-order valence-corrected chi connectivity index (χ4v) is 3.72. The molecule has 1 atom stereocenters. The highest BCUT2D eigenvalue weighted by molar-refractivity contribution is 6.35. The van der Waals surface area contributed by atoms with E-state index >= 15 is 0 Å². The molecule has 2 aromatic carbocycles. The van der Waals surface area contributed by atoms with Crippen molar-refractivity contribution < 1.29 is 14.3 Å². The number of halogens is 2. The number of carbonyl (C=O) groups excluding carboxylic acids is 2. The number of hydrogen-bond acceptors (Lipinski definition) is 3. The average Bonchev–Trinajstić information content (AvgIpc) is 2.70. The Labute approximate surface area is 201 Å². The lowest BCUT2D eigenvalue weighted by Crippen LogP contribution is -2.50. The number of nitrogens with zero attached hydrogens (tertiary/aromatic N) is 1. The minimum absolute atomic E-state index is 0.0454. The number of carbonyl (C=O) groups is 2. The highest BCUT2D eigenvalue weighted by Gasteiger charge is 2.28. The summed E-state index contributed by atoms with van der Waals surface area (Å²) in [5.74, 6) is 0.0942. The van der Waals surface area contributed by atoms with E-state index in [1.807, 2.05) is 38.1 Å². The summed E-state index contributed by atoms with van der Waals surface area (Å²) in [5.41, 5.74) is 1.56. The Morgan fingerprint density at radius 2 is 1.72 bits per heavy atom. The maximum atomic E-state index is 13.2. The van der Waals surface area contributed by atoms with Crippen molar-refractivity contribution in [2.45, 2.75) is 65.6 Å². The van der Waals surface area contributed by atoms with Crippen LogP contribution in [-0.2, 0) is 21.5 Å². The monoisotopic (exact) mass is 478 g/mol. The lowest BCUT2D eigenvalue weighted by Gasteiger charge is -2.30. The van der Waals surface area contributed by atoms with Crippen molar-refractivity contribution >= 4 is 35.0 Å². The third-order valence-electron chi connectivity index (χ3n) is 5.00. The SMILES string of the molecule is CC(C)NC(=O)[C@@H](C)N(Cc1ccc(Cl)cc1Cl)C(=O)COc1ccccc1C(C)(C)C. The number of ether oxygens (including phenoxy) is 1. The molecule has 0 aliphatic carbocycles. The van der Waals surface area contributed by atoms with Crippen LogP contribution in [0.3, 0.4) is 0 Å². The van der Waals surface area contributed by atoms with Crippen molar-refractivity contribution in [2.24, 2.45) is 0 Å². The van der Waals surface area contributed by atoms with Crippen molar-refractivity contribution in [2.75, 3.05) is 6.61 Å². The highest BCUT2D eigenvalue weighted by atomic mass is 35.5. The zero-order chi connectivity index (χ0) is 24.1. The minimum atomic E-state index is -0.710. The third-order valence-corrected chi connectivity index (χ3v) is 5.59. The van der Waals surface area contributed by atoms with Gasteiger partial charge in [-0.25, -0.2) is 0 Å². The van der Waals surface area contributed by atoms with Crippen LogP contribution in [0.4, 0.5) is 0 Å². The van der Waals surface area contributed by atoms with Crippen molar-refractivity contribution in [3.8, 4) is 5.75 Å². The van der Waals surface area contributed by atoms with Crippen molar-refractivity contribution in [1.82, 2.24) is 10.2 Å². The van der Waals surface area contributed by atoms with Crippen molar-refractivity contribution in [3.05, 3.63) is 63.6 Å². The van der Waals surface area contributed by atoms with E-state index in [9.17, 15) is 9.59 Å². The fourth-order valence-electron chi connectivity index (χ4n) is 3.26. The summed E-state index contributed by atoms with van der Waals surface area (Å²) in [7, 11) is 0. The summed E-state index contributed by atoms with van der Waals surface area (Å²) in [5, 5.41) is 3.80. The molecule has 0 heterocycles. The Bertz CT molecular complexity index is 954. The average molecular weight is 479 g/mol. The first-order valence-corrected chi connectivity index (χ1v) is 11.4. The van der Waals surface area contributed by atoms with E-state index in [0.29, 0.717) is 21.4 Å². The zero-order valence-corrected chi connectivity index (χ0v) is 21.1. The van der Waals surface area contributed by atoms with Crippen LogP contribution in [0.2, 0.25) is 10.0 Å². The van der Waals surface area contributed by atoms with Gasteiger partial charge in [0, 0.05) is 22.6 Å². The second kappa shape index (κ2) is 11.1. The van der Waals surface area contributed by atoms with Gasteiger partial charge < -0.3 is 15.0 Å². The van der Waals surface area contributed by atoms with Crippen LogP contribution >= 0.6 is 23.2 Å². The molecule has 2 rings (SSSR count). The Morgan fingerprint density at radius 3 is 2.31 bits per heavy atom. The maximum absolute atomic E-state index is 13.2. The van der Waals surface area contributed by atoms with E-state index < -0.39 is 6.04 Å². The van der Waals surface area contributed by atoms with Crippen LogP contribution in [-0.4, -0.2) is 35.4 Å². The summed E-state index contributed by atoms with van der Waals surface area (Å²) in [6.07, 6.45) is 0. The highest BCUT2D eigenvalue weighted by Crippen LogP contribution is 2.31. The van der Waals surface area contributed by atoms with Gasteiger partial charge in [0.1, 0.15) is 11.8 Å². The molecule has 5 nitrogen and oxygen atoms in total. The van der Waals surface area contributed by atoms with Crippen molar-refractivity contribution in [1.29, 1.82) is 0 Å². The van der Waals surface area contributed by atoms with E-state index in [0.717, 1.165) is 5.56 Å². The van der Waals surface area contributed by atoms with E-state index in [-0.39, 0.29) is 36.4 Å². The van der Waals surface area contributed by atoms with Gasteiger partial charge in [-0.2, -0.15) is 0 Å². The standard InChI is InChI=1S/C25H32Cl2N2O3/c1-16(2)28-24(31)17(3)29(14-18-11-12-19(26)13-21(18)27)23(30)15-32-22-10-8-7-9-20(22)25(4,5)6/h7-13,16-17H,14-15H2,1-6H3,(H,28,31)/t17-/m1/s1. The minimum Gasteiger partial charge on any atom is -0.483 e. The van der Waals surface area contributed by atoms with Crippen LogP contribution < -0.4 is 10.1 Å². The summed E-state index contributed by atoms with van der Waals surface area (Å²) >= 11 is 12.3. The molecule has 0 aromatic heterocycles. The van der Waals surface area contributed by atoms with Gasteiger partial charge in [0.25, 0.3) is 5.91 Å². The van der Waals surface area contributed by atoms with Crippen LogP contribution in [0.15, 0.2) is 42.5 Å². The Hall–Kier alpha value is -2.24. The van der Waals surface area contributed by atoms with E-state index in [2.05, 4.69) is 26.1 Å². The number of amides is 2. The van der Waals surface area contributed by atoms with Gasteiger partial charge in [-0.15, -0.1) is 0 Å². The van der Waals surface area contributed by atoms with Crippen LogP contribution in [0.1, 0.15) is 52.7 Å². The lowest BCUT2D eigenvalue weighted by atomic mass is 9.86. The number of benzene rings is 2. The Morgan fingerprint density at radius 1 is 1.06 bits per heavy atom. The summed E-state index contributed by atoms with van der Waals surface area (Å²) in [6, 6.07) is 12.0. The molecular formula is C25H32Cl2N2O3. The van der Waals surface area contributed by atoms with E-state index in [1.165, 1.54) is 4.90 Å². The van der Waals surface area contributed by atoms with E-state index in [1.54, 1.807) is 25.1 Å². The first kappa shape index (κ1) is 26.0. The molecule has 0 spiro atoms. The third kappa shape index (κ3) is 7.14. The predicted molar refractivity (Wildman–Crippen MR) is 130 cm³/mol. The number of rotatable bonds is 8. The molecule has 0 unspecified atom stereocenters. The van der Waals surface area contributed by atoms with Gasteiger partial charge in [0.2, 0.25) is 5.91 Å². The zero-order valence-electron chi connectivity index (χ0n) is 19.5. The van der Waals surface area contributed by atoms with Crippen LogP contribution in [0.5, 0.6) is 5.75 Å². The van der Waals surface area contributed by atoms with Crippen LogP contribution in [0.25, 0.3) is 0 Å². The first-order valence-electron chi connectivity index (χ1n) is 10.7. The second-order valence-corrected chi connectivity index (χ2v) is 9.98. The summed E-state index contributed by atoms with van der Waals surface area (Å²) < 4.78 is 5.93. The van der Waals surface area contributed by atoms with Gasteiger partial charge in [0.15, 0.2) is 6.61 Å². The van der Waals surface area contributed by atoms with Crippen molar-refractivity contribution in [3.63, 3.8) is 0 Å². The maximum Gasteiger partial charge on any atom is 0.261 e.